The number of amides is 1. The Kier molecular flexibility index (Phi) is 17.2. The fraction of sp³-hybridized carbons (Fsp3) is 0.857. The Hall–Kier alpha value is -1.14. The second-order valence-corrected chi connectivity index (χ2v) is 10.8. The number of unbranched alkanes of at least 4 members (excludes halogenated alkanes) is 13. The SMILES string of the molecule is CCCCCCCCCCCCCC[C@@H]1CO[C@@H](COC(=O)NCCCCC[n+]2ccsc2)C1. The predicted octanol–water partition coefficient (Wildman–Crippen LogP) is 7.43. The number of nitrogens with one attached hydrogen (secondary N) is 1. The maximum Gasteiger partial charge on any atom is 0.407 e. The van der Waals surface area contributed by atoms with Crippen molar-refractivity contribution in [2.75, 3.05) is 19.8 Å². The van der Waals surface area contributed by atoms with Gasteiger partial charge in [-0.1, -0.05) is 95.3 Å². The van der Waals surface area contributed by atoms with Crippen LogP contribution < -0.4 is 9.88 Å². The van der Waals surface area contributed by atoms with Crippen LogP contribution in [0.25, 0.3) is 0 Å². The Morgan fingerprint density at radius 3 is 2.32 bits per heavy atom. The average Bonchev–Trinajstić information content (AvgIpc) is 3.53. The summed E-state index contributed by atoms with van der Waals surface area (Å²) in [5.74, 6) is 0.640. The molecule has 2 heterocycles. The summed E-state index contributed by atoms with van der Waals surface area (Å²) >= 11 is 1.72. The molecule has 0 unspecified atom stereocenters. The molecule has 0 aromatic carbocycles. The molecule has 1 amide bonds. The topological polar surface area (TPSA) is 51.4 Å². The summed E-state index contributed by atoms with van der Waals surface area (Å²) in [6.07, 6.45) is 24.1. The van der Waals surface area contributed by atoms with E-state index in [0.29, 0.717) is 19.1 Å². The van der Waals surface area contributed by atoms with E-state index in [-0.39, 0.29) is 12.2 Å². The number of hydrogen-bond acceptors (Lipinski definition) is 4. The summed E-state index contributed by atoms with van der Waals surface area (Å²) in [6.45, 7) is 5.23. The van der Waals surface area contributed by atoms with Gasteiger partial charge in [-0.3, -0.25) is 0 Å². The minimum absolute atomic E-state index is 0.0794. The van der Waals surface area contributed by atoms with Crippen LogP contribution in [-0.4, -0.2) is 32.0 Å². The highest BCUT2D eigenvalue weighted by Gasteiger charge is 2.26. The first-order valence-electron chi connectivity index (χ1n) is 14.2. The fourth-order valence-electron chi connectivity index (χ4n) is 4.77. The van der Waals surface area contributed by atoms with Gasteiger partial charge in [0.1, 0.15) is 13.2 Å². The van der Waals surface area contributed by atoms with Crippen molar-refractivity contribution in [1.29, 1.82) is 0 Å². The molecule has 0 radical (unpaired) electrons. The van der Waals surface area contributed by atoms with Gasteiger partial charge in [0.15, 0.2) is 6.20 Å². The van der Waals surface area contributed by atoms with E-state index < -0.39 is 0 Å². The molecule has 34 heavy (non-hydrogen) atoms. The first-order chi connectivity index (χ1) is 16.8. The number of thiazole rings is 1. The predicted molar refractivity (Wildman–Crippen MR) is 141 cm³/mol. The van der Waals surface area contributed by atoms with Gasteiger partial charge in [-0.05, 0) is 31.6 Å². The molecular weight excluding hydrogens is 444 g/mol. The molecule has 5 nitrogen and oxygen atoms in total. The number of rotatable bonds is 21. The van der Waals surface area contributed by atoms with Crippen LogP contribution in [0.15, 0.2) is 17.1 Å². The summed E-state index contributed by atoms with van der Waals surface area (Å²) in [7, 11) is 0. The zero-order valence-electron chi connectivity index (χ0n) is 21.8. The van der Waals surface area contributed by atoms with Crippen LogP contribution in [0.4, 0.5) is 4.79 Å². The number of ether oxygens (including phenoxy) is 2. The zero-order chi connectivity index (χ0) is 24.1. The van der Waals surface area contributed by atoms with E-state index in [4.69, 9.17) is 9.47 Å². The molecular formula is C28H51N2O3S+. The molecule has 1 saturated heterocycles. The highest BCUT2D eigenvalue weighted by atomic mass is 32.1. The lowest BCUT2D eigenvalue weighted by atomic mass is 9.97. The first-order valence-corrected chi connectivity index (χ1v) is 15.2. The normalized spacial score (nSPS) is 17.8. The Morgan fingerprint density at radius 2 is 1.65 bits per heavy atom. The van der Waals surface area contributed by atoms with Crippen LogP contribution in [0.1, 0.15) is 116 Å². The number of carbonyl (C=O) groups is 1. The van der Waals surface area contributed by atoms with Gasteiger partial charge in [-0.15, -0.1) is 0 Å². The van der Waals surface area contributed by atoms with Gasteiger partial charge < -0.3 is 14.8 Å². The molecule has 0 saturated carbocycles. The molecule has 0 spiro atoms. The molecule has 1 N–H and O–H groups in total. The van der Waals surface area contributed by atoms with Crippen LogP contribution in [0, 0.1) is 5.92 Å². The average molecular weight is 496 g/mol. The fourth-order valence-corrected chi connectivity index (χ4v) is 5.40. The van der Waals surface area contributed by atoms with Crippen LogP contribution in [0.2, 0.25) is 0 Å². The van der Waals surface area contributed by atoms with Gasteiger partial charge in [0.25, 0.3) is 0 Å². The quantitative estimate of drug-likeness (QED) is 0.142. The van der Waals surface area contributed by atoms with Crippen molar-refractivity contribution in [3.63, 3.8) is 0 Å². The van der Waals surface area contributed by atoms with Crippen molar-refractivity contribution < 1.29 is 18.8 Å². The number of aryl methyl sites for hydroxylation is 1. The lowest BCUT2D eigenvalue weighted by molar-refractivity contribution is -0.692. The van der Waals surface area contributed by atoms with Gasteiger partial charge in [-0.25, -0.2) is 4.79 Å². The van der Waals surface area contributed by atoms with Crippen molar-refractivity contribution in [1.82, 2.24) is 5.32 Å². The summed E-state index contributed by atoms with van der Waals surface area (Å²) in [5.41, 5.74) is 2.13. The van der Waals surface area contributed by atoms with Crippen molar-refractivity contribution >= 4 is 17.4 Å². The summed E-state index contributed by atoms with van der Waals surface area (Å²) < 4.78 is 13.4. The molecule has 196 valence electrons. The summed E-state index contributed by atoms with van der Waals surface area (Å²) in [5, 5.41) is 4.96. The number of hydrogen-bond donors (Lipinski definition) is 1. The van der Waals surface area contributed by atoms with Crippen molar-refractivity contribution in [2.24, 2.45) is 5.92 Å². The number of aromatic nitrogens is 1. The molecule has 0 bridgehead atoms. The van der Waals surface area contributed by atoms with Gasteiger partial charge in [0, 0.05) is 13.0 Å². The Morgan fingerprint density at radius 1 is 0.971 bits per heavy atom. The molecule has 2 atom stereocenters. The molecule has 1 aromatic heterocycles. The first kappa shape index (κ1) is 29.1. The van der Waals surface area contributed by atoms with E-state index in [1.54, 1.807) is 11.3 Å². The largest absolute Gasteiger partial charge is 0.447 e. The highest BCUT2D eigenvalue weighted by Crippen LogP contribution is 2.25. The lowest BCUT2D eigenvalue weighted by Crippen LogP contribution is -2.30. The molecule has 1 aliphatic rings. The Balaban J connectivity index is 1.32. The summed E-state index contributed by atoms with van der Waals surface area (Å²) in [6, 6.07) is 0. The summed E-state index contributed by atoms with van der Waals surface area (Å²) in [4.78, 5) is 11.9. The Labute approximate surface area is 213 Å². The molecule has 6 heteroatoms. The van der Waals surface area contributed by atoms with E-state index >= 15 is 0 Å². The van der Waals surface area contributed by atoms with E-state index in [1.807, 2.05) is 0 Å². The Bertz CT molecular complexity index is 596. The van der Waals surface area contributed by atoms with Gasteiger partial charge in [-0.2, -0.15) is 4.57 Å². The zero-order valence-corrected chi connectivity index (χ0v) is 22.6. The molecule has 2 rings (SSSR count). The second-order valence-electron chi connectivity index (χ2n) is 10.1. The van der Waals surface area contributed by atoms with E-state index in [2.05, 4.69) is 33.9 Å². The highest BCUT2D eigenvalue weighted by molar-refractivity contribution is 7.07. The third-order valence-corrected chi connectivity index (χ3v) is 7.59. The molecule has 0 aliphatic carbocycles. The van der Waals surface area contributed by atoms with Crippen LogP contribution in [-0.2, 0) is 16.0 Å². The van der Waals surface area contributed by atoms with E-state index in [1.165, 1.54) is 83.5 Å². The van der Waals surface area contributed by atoms with Crippen molar-refractivity contribution in [3.05, 3.63) is 17.1 Å². The van der Waals surface area contributed by atoms with Crippen LogP contribution in [0.3, 0.4) is 0 Å². The maximum atomic E-state index is 11.9. The standard InChI is InChI=1S/C28H50N2O3S/c1-2-3-4-5-6-7-8-9-10-11-12-14-17-26-22-27(32-23-26)24-33-28(31)29-18-15-13-16-19-30-20-21-34-25-30/h20-21,25-27H,2-19,22-24H2,1H3/p+1/t26-,27+/m0/s1. The van der Waals surface area contributed by atoms with Crippen molar-refractivity contribution in [3.8, 4) is 0 Å². The minimum atomic E-state index is -0.305. The molecule has 1 aromatic rings. The molecule has 1 fully saturated rings. The smallest absolute Gasteiger partial charge is 0.407 e. The third kappa shape index (κ3) is 15.0. The maximum absolute atomic E-state index is 11.9. The number of carbonyl (C=O) groups excluding carboxylic acids is 1. The van der Waals surface area contributed by atoms with Crippen molar-refractivity contribution in [2.45, 2.75) is 129 Å². The number of nitrogens with zero attached hydrogens (tertiary/aromatic N) is 1. The molecule has 1 aliphatic heterocycles. The van der Waals surface area contributed by atoms with E-state index in [9.17, 15) is 4.79 Å². The minimum Gasteiger partial charge on any atom is -0.447 e. The third-order valence-electron chi connectivity index (χ3n) is 6.92. The van der Waals surface area contributed by atoms with Gasteiger partial charge in [0.05, 0.1) is 18.1 Å². The second kappa shape index (κ2) is 20.1. The van der Waals surface area contributed by atoms with Gasteiger partial charge >= 0.3 is 6.09 Å². The lowest BCUT2D eigenvalue weighted by Gasteiger charge is -2.11. The number of alkyl carbamates (subject to hydrolysis) is 1. The van der Waals surface area contributed by atoms with Crippen LogP contribution in [0.5, 0.6) is 0 Å². The van der Waals surface area contributed by atoms with Gasteiger partial charge in [0.2, 0.25) is 5.51 Å². The monoisotopic (exact) mass is 495 g/mol. The van der Waals surface area contributed by atoms with Crippen LogP contribution >= 0.6 is 11.3 Å². The van der Waals surface area contributed by atoms with E-state index in [0.717, 1.165) is 38.8 Å².